The standard InChI is InChI=1S/C24H32ClN3O4S/c1-17(2)14-26-24(30)19(4)28(15-20-9-7-6-8-18(20)3)23(29)16-27(5)33(31,32)22-12-10-21(25)11-13-22/h6-13,17,19H,14-16H2,1-5H3,(H,26,30). The largest absolute Gasteiger partial charge is 0.354 e. The van der Waals surface area contributed by atoms with Gasteiger partial charge in [0, 0.05) is 25.2 Å². The topological polar surface area (TPSA) is 86.8 Å². The van der Waals surface area contributed by atoms with Gasteiger partial charge in [0.05, 0.1) is 11.4 Å². The van der Waals surface area contributed by atoms with Crippen molar-refractivity contribution >= 4 is 33.4 Å². The molecule has 0 aliphatic heterocycles. The van der Waals surface area contributed by atoms with Gasteiger partial charge in [-0.25, -0.2) is 8.42 Å². The second-order valence-corrected chi connectivity index (χ2v) is 11.0. The highest BCUT2D eigenvalue weighted by molar-refractivity contribution is 7.89. The molecule has 2 rings (SSSR count). The third-order valence-corrected chi connectivity index (χ3v) is 7.40. The zero-order valence-corrected chi connectivity index (χ0v) is 21.3. The van der Waals surface area contributed by atoms with E-state index < -0.39 is 28.5 Å². The Morgan fingerprint density at radius 1 is 1.03 bits per heavy atom. The van der Waals surface area contributed by atoms with Crippen LogP contribution >= 0.6 is 11.6 Å². The number of sulfonamides is 1. The van der Waals surface area contributed by atoms with E-state index in [2.05, 4.69) is 5.32 Å². The zero-order valence-electron chi connectivity index (χ0n) is 19.7. The Kier molecular flexibility index (Phi) is 9.46. The van der Waals surface area contributed by atoms with Gasteiger partial charge in [-0.05, 0) is 55.2 Å². The second-order valence-electron chi connectivity index (χ2n) is 8.48. The van der Waals surface area contributed by atoms with E-state index >= 15 is 0 Å². The van der Waals surface area contributed by atoms with Crippen LogP contribution in [-0.2, 0) is 26.2 Å². The molecule has 2 aromatic rings. The lowest BCUT2D eigenvalue weighted by Crippen LogP contribution is -2.51. The summed E-state index contributed by atoms with van der Waals surface area (Å²) in [5.41, 5.74) is 1.87. The van der Waals surface area contributed by atoms with Crippen LogP contribution in [0, 0.1) is 12.8 Å². The molecule has 1 N–H and O–H groups in total. The van der Waals surface area contributed by atoms with E-state index in [9.17, 15) is 18.0 Å². The Bertz CT molecular complexity index is 1070. The van der Waals surface area contributed by atoms with Gasteiger partial charge in [-0.15, -0.1) is 0 Å². The predicted octanol–water partition coefficient (Wildman–Crippen LogP) is 3.46. The first-order chi connectivity index (χ1) is 15.4. The van der Waals surface area contributed by atoms with Crippen molar-refractivity contribution in [2.75, 3.05) is 20.1 Å². The molecule has 0 bridgehead atoms. The smallest absolute Gasteiger partial charge is 0.243 e. The maximum absolute atomic E-state index is 13.3. The van der Waals surface area contributed by atoms with Crippen LogP contribution in [0.5, 0.6) is 0 Å². The van der Waals surface area contributed by atoms with Crippen LogP contribution in [0.1, 0.15) is 31.9 Å². The Balaban J connectivity index is 2.27. The Labute approximate surface area is 201 Å². The highest BCUT2D eigenvalue weighted by Gasteiger charge is 2.30. The molecular formula is C24H32ClN3O4S. The lowest BCUT2D eigenvalue weighted by atomic mass is 10.1. The molecule has 0 aromatic heterocycles. The lowest BCUT2D eigenvalue weighted by Gasteiger charge is -2.31. The Hall–Kier alpha value is -2.42. The summed E-state index contributed by atoms with van der Waals surface area (Å²) in [4.78, 5) is 27.5. The van der Waals surface area contributed by atoms with Gasteiger partial charge in [-0.2, -0.15) is 4.31 Å². The van der Waals surface area contributed by atoms with Crippen molar-refractivity contribution in [3.05, 3.63) is 64.7 Å². The fourth-order valence-electron chi connectivity index (χ4n) is 3.16. The monoisotopic (exact) mass is 493 g/mol. The number of carbonyl (C=O) groups is 2. The van der Waals surface area contributed by atoms with E-state index in [-0.39, 0.29) is 23.3 Å². The van der Waals surface area contributed by atoms with Gasteiger partial charge >= 0.3 is 0 Å². The van der Waals surface area contributed by atoms with Crippen molar-refractivity contribution in [2.24, 2.45) is 5.92 Å². The van der Waals surface area contributed by atoms with Crippen molar-refractivity contribution in [3.63, 3.8) is 0 Å². The first kappa shape index (κ1) is 26.8. The van der Waals surface area contributed by atoms with E-state index in [0.717, 1.165) is 15.4 Å². The average molecular weight is 494 g/mol. The van der Waals surface area contributed by atoms with Gasteiger partial charge in [-0.1, -0.05) is 49.7 Å². The molecule has 180 valence electrons. The van der Waals surface area contributed by atoms with Crippen molar-refractivity contribution in [1.82, 2.24) is 14.5 Å². The van der Waals surface area contributed by atoms with Gasteiger partial charge in [0.1, 0.15) is 6.04 Å². The van der Waals surface area contributed by atoms with Gasteiger partial charge in [-0.3, -0.25) is 9.59 Å². The molecule has 0 saturated heterocycles. The molecule has 1 atom stereocenters. The number of amides is 2. The normalized spacial score (nSPS) is 12.6. The van der Waals surface area contributed by atoms with Crippen molar-refractivity contribution < 1.29 is 18.0 Å². The number of rotatable bonds is 10. The van der Waals surface area contributed by atoms with Crippen LogP contribution in [0.2, 0.25) is 5.02 Å². The number of benzene rings is 2. The van der Waals surface area contributed by atoms with Gasteiger partial charge in [0.25, 0.3) is 0 Å². The molecule has 33 heavy (non-hydrogen) atoms. The Morgan fingerprint density at radius 2 is 1.64 bits per heavy atom. The third kappa shape index (κ3) is 7.28. The van der Waals surface area contributed by atoms with Gasteiger partial charge < -0.3 is 10.2 Å². The highest BCUT2D eigenvalue weighted by atomic mass is 35.5. The van der Waals surface area contributed by atoms with Crippen LogP contribution in [-0.4, -0.2) is 55.6 Å². The third-order valence-electron chi connectivity index (χ3n) is 5.33. The van der Waals surface area contributed by atoms with Crippen molar-refractivity contribution in [1.29, 1.82) is 0 Å². The van der Waals surface area contributed by atoms with Crippen LogP contribution in [0.4, 0.5) is 0 Å². The predicted molar refractivity (Wildman–Crippen MR) is 130 cm³/mol. The number of aryl methyl sites for hydroxylation is 1. The number of hydrogen-bond acceptors (Lipinski definition) is 4. The number of hydrogen-bond donors (Lipinski definition) is 1. The molecule has 2 aromatic carbocycles. The molecular weight excluding hydrogens is 462 g/mol. The fraction of sp³-hybridized carbons (Fsp3) is 0.417. The summed E-state index contributed by atoms with van der Waals surface area (Å²) in [5, 5.41) is 3.27. The summed E-state index contributed by atoms with van der Waals surface area (Å²) in [5.74, 6) is -0.489. The van der Waals surface area contributed by atoms with Gasteiger partial charge in [0.2, 0.25) is 21.8 Å². The number of halogens is 1. The second kappa shape index (κ2) is 11.6. The van der Waals surface area contributed by atoms with E-state index in [1.165, 1.54) is 36.2 Å². The highest BCUT2D eigenvalue weighted by Crippen LogP contribution is 2.19. The molecule has 2 amide bonds. The molecule has 9 heteroatoms. The quantitative estimate of drug-likeness (QED) is 0.549. The molecule has 0 heterocycles. The summed E-state index contributed by atoms with van der Waals surface area (Å²) >= 11 is 5.86. The summed E-state index contributed by atoms with van der Waals surface area (Å²) in [6.45, 7) is 7.82. The number of carbonyl (C=O) groups excluding carboxylic acids is 2. The van der Waals surface area contributed by atoms with Crippen LogP contribution in [0.3, 0.4) is 0 Å². The fourth-order valence-corrected chi connectivity index (χ4v) is 4.41. The average Bonchev–Trinajstić information content (AvgIpc) is 2.76. The van der Waals surface area contributed by atoms with E-state index in [1.54, 1.807) is 6.92 Å². The summed E-state index contributed by atoms with van der Waals surface area (Å²) in [7, 11) is -2.56. The molecule has 0 saturated carbocycles. The van der Waals surface area contributed by atoms with Crippen LogP contribution in [0.15, 0.2) is 53.4 Å². The minimum Gasteiger partial charge on any atom is -0.354 e. The van der Waals surface area contributed by atoms with E-state index in [1.807, 2.05) is 45.0 Å². The van der Waals surface area contributed by atoms with E-state index in [0.29, 0.717) is 11.6 Å². The molecule has 1 unspecified atom stereocenters. The maximum Gasteiger partial charge on any atom is 0.243 e. The lowest BCUT2D eigenvalue weighted by molar-refractivity contribution is -0.140. The first-order valence-electron chi connectivity index (χ1n) is 10.8. The van der Waals surface area contributed by atoms with Crippen LogP contribution < -0.4 is 5.32 Å². The molecule has 0 aliphatic carbocycles. The van der Waals surface area contributed by atoms with Crippen LogP contribution in [0.25, 0.3) is 0 Å². The zero-order chi connectivity index (χ0) is 24.8. The minimum atomic E-state index is -3.91. The first-order valence-corrected chi connectivity index (χ1v) is 12.6. The summed E-state index contributed by atoms with van der Waals surface area (Å²) in [6, 6.07) is 12.6. The van der Waals surface area contributed by atoms with Crippen molar-refractivity contribution in [3.8, 4) is 0 Å². The maximum atomic E-state index is 13.3. The molecule has 0 spiro atoms. The molecule has 7 nitrogen and oxygen atoms in total. The van der Waals surface area contributed by atoms with E-state index in [4.69, 9.17) is 11.6 Å². The molecule has 0 aliphatic rings. The minimum absolute atomic E-state index is 0.0374. The number of likely N-dealkylation sites (N-methyl/N-ethyl adjacent to an activating group) is 1. The number of nitrogens with one attached hydrogen (secondary N) is 1. The number of nitrogens with zero attached hydrogens (tertiary/aromatic N) is 2. The molecule has 0 fully saturated rings. The van der Waals surface area contributed by atoms with Crippen molar-refractivity contribution in [2.45, 2.75) is 45.2 Å². The SMILES string of the molecule is Cc1ccccc1CN(C(=O)CN(C)S(=O)(=O)c1ccc(Cl)cc1)C(C)C(=O)NCC(C)C. The summed E-state index contributed by atoms with van der Waals surface area (Å²) < 4.78 is 26.8. The Morgan fingerprint density at radius 3 is 2.21 bits per heavy atom. The van der Waals surface area contributed by atoms with Gasteiger partial charge in [0.15, 0.2) is 0 Å². The summed E-state index contributed by atoms with van der Waals surface area (Å²) in [6.07, 6.45) is 0. The molecule has 0 radical (unpaired) electrons.